The minimum Gasteiger partial charge on any atom is -0.396 e. The highest BCUT2D eigenvalue weighted by Crippen LogP contribution is 2.24. The zero-order valence-electron chi connectivity index (χ0n) is 10.6. The highest BCUT2D eigenvalue weighted by molar-refractivity contribution is 5.94. The average Bonchev–Trinajstić information content (AvgIpc) is 2.79. The number of hydrogen-bond acceptors (Lipinski definition) is 5. The molecule has 0 radical (unpaired) electrons. The first-order chi connectivity index (χ1) is 9.67. The lowest BCUT2D eigenvalue weighted by atomic mass is 10.0. The first-order valence-corrected chi connectivity index (χ1v) is 6.30. The number of nitrogens with one attached hydrogen (secondary N) is 1. The van der Waals surface area contributed by atoms with Gasteiger partial charge in [-0.3, -0.25) is 4.79 Å². The van der Waals surface area contributed by atoms with E-state index in [0.717, 1.165) is 10.2 Å². The van der Waals surface area contributed by atoms with Gasteiger partial charge >= 0.3 is 5.76 Å². The highest BCUT2D eigenvalue weighted by Gasteiger charge is 2.17. The minimum atomic E-state index is -0.615. The van der Waals surface area contributed by atoms with E-state index in [1.54, 1.807) is 12.1 Å². The van der Waals surface area contributed by atoms with E-state index in [-0.39, 0.29) is 24.8 Å². The Balaban J connectivity index is 2.00. The molecule has 2 N–H and O–H groups in total. The van der Waals surface area contributed by atoms with Gasteiger partial charge in [0, 0.05) is 18.5 Å². The van der Waals surface area contributed by atoms with Gasteiger partial charge in [-0.15, -0.1) is 5.10 Å². The molecule has 104 valence electrons. The molecule has 20 heavy (non-hydrogen) atoms. The van der Waals surface area contributed by atoms with Gasteiger partial charge in [-0.1, -0.05) is 6.07 Å². The maximum Gasteiger partial charge on any atom is 0.441 e. The van der Waals surface area contributed by atoms with Crippen molar-refractivity contribution in [3.05, 3.63) is 40.2 Å². The third kappa shape index (κ3) is 2.23. The Morgan fingerprint density at radius 1 is 1.35 bits per heavy atom. The number of anilines is 1. The summed E-state index contributed by atoms with van der Waals surface area (Å²) in [6.07, 6.45) is 1.34. The molecule has 1 aromatic heterocycles. The van der Waals surface area contributed by atoms with Gasteiger partial charge in [-0.2, -0.15) is 4.68 Å². The van der Waals surface area contributed by atoms with E-state index in [2.05, 4.69) is 10.4 Å². The third-order valence-electron chi connectivity index (χ3n) is 3.15. The van der Waals surface area contributed by atoms with E-state index in [1.807, 2.05) is 6.07 Å². The first kappa shape index (κ1) is 12.6. The fourth-order valence-electron chi connectivity index (χ4n) is 2.17. The molecule has 0 saturated heterocycles. The summed E-state index contributed by atoms with van der Waals surface area (Å²) in [5.74, 6) is -0.474. The molecule has 0 bridgehead atoms. The molecule has 0 fully saturated rings. The molecule has 0 spiro atoms. The standard InChI is InChI=1S/C13H13N3O4/c17-6-5-12-15-16(13(19)20-12)9-3-1-8-2-4-11(18)14-10(8)7-9/h1,3,7,17H,2,4-6H2,(H,14,18). The van der Waals surface area contributed by atoms with Crippen LogP contribution in [0.15, 0.2) is 27.4 Å². The number of benzene rings is 1. The summed E-state index contributed by atoms with van der Waals surface area (Å²) in [5, 5.41) is 15.6. The summed E-state index contributed by atoms with van der Waals surface area (Å²) in [7, 11) is 0. The lowest BCUT2D eigenvalue weighted by Gasteiger charge is -2.17. The number of aliphatic hydroxyl groups excluding tert-OH is 1. The van der Waals surface area contributed by atoms with Crippen LogP contribution in [0.25, 0.3) is 5.69 Å². The predicted molar refractivity (Wildman–Crippen MR) is 69.8 cm³/mol. The molecular formula is C13H13N3O4. The number of fused-ring (bicyclic) bond motifs is 1. The first-order valence-electron chi connectivity index (χ1n) is 6.30. The van der Waals surface area contributed by atoms with Crippen LogP contribution in [0.2, 0.25) is 0 Å². The number of hydrogen-bond donors (Lipinski definition) is 2. The largest absolute Gasteiger partial charge is 0.441 e. The Hall–Kier alpha value is -2.41. The van der Waals surface area contributed by atoms with Gasteiger partial charge in [0.2, 0.25) is 11.8 Å². The second kappa shape index (κ2) is 4.93. The van der Waals surface area contributed by atoms with E-state index in [9.17, 15) is 9.59 Å². The smallest absolute Gasteiger partial charge is 0.396 e. The Morgan fingerprint density at radius 3 is 3.00 bits per heavy atom. The number of rotatable bonds is 3. The number of nitrogens with zero attached hydrogens (tertiary/aromatic N) is 2. The zero-order chi connectivity index (χ0) is 14.1. The molecule has 1 aliphatic heterocycles. The van der Waals surface area contributed by atoms with E-state index in [0.29, 0.717) is 24.2 Å². The van der Waals surface area contributed by atoms with Crippen molar-refractivity contribution < 1.29 is 14.3 Å². The van der Waals surface area contributed by atoms with Crippen LogP contribution in [0.1, 0.15) is 17.9 Å². The summed E-state index contributed by atoms with van der Waals surface area (Å²) < 4.78 is 6.04. The molecule has 7 nitrogen and oxygen atoms in total. The normalized spacial score (nSPS) is 13.9. The summed E-state index contributed by atoms with van der Waals surface area (Å²) >= 11 is 0. The van der Waals surface area contributed by atoms with Crippen LogP contribution < -0.4 is 11.1 Å². The minimum absolute atomic E-state index is 0.0388. The molecule has 2 heterocycles. The van der Waals surface area contributed by atoms with Crippen LogP contribution in [0.5, 0.6) is 0 Å². The van der Waals surface area contributed by atoms with Crippen molar-refractivity contribution in [1.82, 2.24) is 9.78 Å². The summed E-state index contributed by atoms with van der Waals surface area (Å²) in [4.78, 5) is 23.1. The Kier molecular flexibility index (Phi) is 3.11. The van der Waals surface area contributed by atoms with Crippen LogP contribution in [-0.4, -0.2) is 27.4 Å². The van der Waals surface area contributed by atoms with Crippen molar-refractivity contribution in [2.75, 3.05) is 11.9 Å². The number of aliphatic hydroxyl groups is 1. The van der Waals surface area contributed by atoms with Gasteiger partial charge in [-0.25, -0.2) is 4.79 Å². The number of amides is 1. The van der Waals surface area contributed by atoms with Crippen molar-refractivity contribution in [3.63, 3.8) is 0 Å². The van der Waals surface area contributed by atoms with E-state index in [1.165, 1.54) is 0 Å². The maximum atomic E-state index is 11.7. The molecule has 0 saturated carbocycles. The van der Waals surface area contributed by atoms with Crippen LogP contribution in [0, 0.1) is 0 Å². The highest BCUT2D eigenvalue weighted by atomic mass is 16.4. The van der Waals surface area contributed by atoms with E-state index in [4.69, 9.17) is 9.52 Å². The molecule has 3 rings (SSSR count). The second-order valence-corrected chi connectivity index (χ2v) is 4.54. The average molecular weight is 275 g/mol. The fourth-order valence-corrected chi connectivity index (χ4v) is 2.17. The molecule has 0 atom stereocenters. The van der Waals surface area contributed by atoms with Crippen molar-refractivity contribution in [2.24, 2.45) is 0 Å². The van der Waals surface area contributed by atoms with Crippen LogP contribution in [-0.2, 0) is 17.6 Å². The molecule has 7 heteroatoms. The van der Waals surface area contributed by atoms with Crippen molar-refractivity contribution in [1.29, 1.82) is 0 Å². The van der Waals surface area contributed by atoms with Crippen molar-refractivity contribution in [2.45, 2.75) is 19.3 Å². The number of aromatic nitrogens is 2. The van der Waals surface area contributed by atoms with Gasteiger partial charge in [0.15, 0.2) is 0 Å². The van der Waals surface area contributed by atoms with Gasteiger partial charge in [-0.05, 0) is 24.1 Å². The molecule has 2 aromatic rings. The van der Waals surface area contributed by atoms with Crippen LogP contribution >= 0.6 is 0 Å². The van der Waals surface area contributed by atoms with Crippen LogP contribution in [0.3, 0.4) is 0 Å². The zero-order valence-corrected chi connectivity index (χ0v) is 10.6. The van der Waals surface area contributed by atoms with E-state index < -0.39 is 5.76 Å². The Morgan fingerprint density at radius 2 is 2.20 bits per heavy atom. The Labute approximate surface area is 113 Å². The number of carbonyl (C=O) groups excluding carboxylic acids is 1. The molecule has 1 aliphatic rings. The monoisotopic (exact) mass is 275 g/mol. The summed E-state index contributed by atoms with van der Waals surface area (Å²) in [5.41, 5.74) is 2.24. The van der Waals surface area contributed by atoms with Crippen LogP contribution in [0.4, 0.5) is 5.69 Å². The molecule has 0 unspecified atom stereocenters. The lowest BCUT2D eigenvalue weighted by Crippen LogP contribution is -2.20. The quantitative estimate of drug-likeness (QED) is 0.836. The number of aryl methyl sites for hydroxylation is 1. The molecule has 1 amide bonds. The van der Waals surface area contributed by atoms with E-state index >= 15 is 0 Å². The Bertz CT molecular complexity index is 717. The van der Waals surface area contributed by atoms with Crippen molar-refractivity contribution in [3.8, 4) is 5.69 Å². The topological polar surface area (TPSA) is 97.4 Å². The van der Waals surface area contributed by atoms with Gasteiger partial charge < -0.3 is 14.8 Å². The summed E-state index contributed by atoms with van der Waals surface area (Å²) in [6.45, 7) is -0.139. The molecule has 1 aromatic carbocycles. The predicted octanol–water partition coefficient (Wildman–Crippen LogP) is 0.245. The third-order valence-corrected chi connectivity index (χ3v) is 3.15. The van der Waals surface area contributed by atoms with Crippen molar-refractivity contribution >= 4 is 11.6 Å². The fraction of sp³-hybridized carbons (Fsp3) is 0.308. The SMILES string of the molecule is O=C1CCc2ccc(-n3nc(CCO)oc3=O)cc2N1. The molecule has 0 aliphatic carbocycles. The van der Waals surface area contributed by atoms with Gasteiger partial charge in [0.25, 0.3) is 0 Å². The molecular weight excluding hydrogens is 262 g/mol. The van der Waals surface area contributed by atoms with Gasteiger partial charge in [0.05, 0.1) is 12.3 Å². The van der Waals surface area contributed by atoms with Gasteiger partial charge in [0.1, 0.15) is 0 Å². The summed E-state index contributed by atoms with van der Waals surface area (Å²) in [6, 6.07) is 5.30. The maximum absolute atomic E-state index is 11.7. The second-order valence-electron chi connectivity index (χ2n) is 4.54. The number of carbonyl (C=O) groups is 1. The lowest BCUT2D eigenvalue weighted by molar-refractivity contribution is -0.116.